The van der Waals surface area contributed by atoms with Crippen LogP contribution in [0.25, 0.3) is 5.69 Å². The summed E-state index contributed by atoms with van der Waals surface area (Å²) in [6.07, 6.45) is 1.13. The average Bonchev–Trinajstić information content (AvgIpc) is 2.75. The highest BCUT2D eigenvalue weighted by atomic mass is 15.3. The van der Waals surface area contributed by atoms with Gasteiger partial charge in [-0.2, -0.15) is 10.4 Å². The largest absolute Gasteiger partial charge is 0.313 e. The molecule has 0 aliphatic rings. The number of benzene rings is 1. The van der Waals surface area contributed by atoms with E-state index in [9.17, 15) is 0 Å². The summed E-state index contributed by atoms with van der Waals surface area (Å²) in [5.41, 5.74) is 5.11. The molecule has 0 aliphatic carbocycles. The molecular formula is C16H20N4. The third-order valence-electron chi connectivity index (χ3n) is 3.41. The van der Waals surface area contributed by atoms with E-state index in [-0.39, 0.29) is 0 Å². The Morgan fingerprint density at radius 3 is 2.55 bits per heavy atom. The summed E-state index contributed by atoms with van der Waals surface area (Å²) >= 11 is 0. The first-order valence-electron chi connectivity index (χ1n) is 6.93. The van der Waals surface area contributed by atoms with Crippen molar-refractivity contribution >= 4 is 0 Å². The van der Waals surface area contributed by atoms with Crippen LogP contribution in [0.1, 0.15) is 35.9 Å². The van der Waals surface area contributed by atoms with Gasteiger partial charge in [-0.25, -0.2) is 4.68 Å². The van der Waals surface area contributed by atoms with Crippen molar-refractivity contribution in [2.75, 3.05) is 6.54 Å². The third-order valence-corrected chi connectivity index (χ3v) is 3.41. The molecule has 104 valence electrons. The van der Waals surface area contributed by atoms with Gasteiger partial charge in [0.05, 0.1) is 23.0 Å². The molecular weight excluding hydrogens is 248 g/mol. The minimum atomic E-state index is 0.667. The number of hydrogen-bond donors (Lipinski definition) is 1. The summed E-state index contributed by atoms with van der Waals surface area (Å²) in [4.78, 5) is 0. The van der Waals surface area contributed by atoms with Crippen LogP contribution in [0.5, 0.6) is 0 Å². The first-order chi connectivity index (χ1) is 9.67. The van der Waals surface area contributed by atoms with Gasteiger partial charge >= 0.3 is 0 Å². The van der Waals surface area contributed by atoms with Crippen molar-refractivity contribution in [1.82, 2.24) is 15.1 Å². The van der Waals surface area contributed by atoms with Gasteiger partial charge in [-0.15, -0.1) is 0 Å². The Kier molecular flexibility index (Phi) is 4.54. The van der Waals surface area contributed by atoms with Gasteiger partial charge in [-0.1, -0.05) is 6.92 Å². The highest BCUT2D eigenvalue weighted by Crippen LogP contribution is 2.18. The van der Waals surface area contributed by atoms with E-state index in [2.05, 4.69) is 30.3 Å². The Hall–Kier alpha value is -2.12. The van der Waals surface area contributed by atoms with E-state index in [1.165, 1.54) is 5.56 Å². The summed E-state index contributed by atoms with van der Waals surface area (Å²) < 4.78 is 1.94. The molecule has 0 spiro atoms. The van der Waals surface area contributed by atoms with Crippen LogP contribution in [0.3, 0.4) is 0 Å². The smallest absolute Gasteiger partial charge is 0.0991 e. The maximum absolute atomic E-state index is 8.84. The van der Waals surface area contributed by atoms with Crippen LogP contribution in [0.15, 0.2) is 24.3 Å². The van der Waals surface area contributed by atoms with Crippen LogP contribution >= 0.6 is 0 Å². The second-order valence-corrected chi connectivity index (χ2v) is 4.90. The van der Waals surface area contributed by atoms with Crippen molar-refractivity contribution < 1.29 is 0 Å². The lowest BCUT2D eigenvalue weighted by Gasteiger charge is -2.06. The van der Waals surface area contributed by atoms with E-state index in [0.717, 1.165) is 36.6 Å². The molecule has 1 heterocycles. The van der Waals surface area contributed by atoms with E-state index in [1.807, 2.05) is 35.9 Å². The quantitative estimate of drug-likeness (QED) is 0.848. The van der Waals surface area contributed by atoms with Crippen molar-refractivity contribution in [2.24, 2.45) is 0 Å². The summed E-state index contributed by atoms with van der Waals surface area (Å²) in [5, 5.41) is 16.9. The average molecular weight is 268 g/mol. The van der Waals surface area contributed by atoms with Crippen LogP contribution in [-0.4, -0.2) is 16.3 Å². The van der Waals surface area contributed by atoms with Crippen LogP contribution < -0.4 is 5.32 Å². The van der Waals surface area contributed by atoms with E-state index >= 15 is 0 Å². The summed E-state index contributed by atoms with van der Waals surface area (Å²) in [5.74, 6) is 0. The molecule has 0 radical (unpaired) electrons. The van der Waals surface area contributed by atoms with Crippen LogP contribution in [0, 0.1) is 25.2 Å². The fourth-order valence-corrected chi connectivity index (χ4v) is 2.25. The van der Waals surface area contributed by atoms with Crippen molar-refractivity contribution in [2.45, 2.75) is 33.7 Å². The highest BCUT2D eigenvalue weighted by molar-refractivity contribution is 5.41. The topological polar surface area (TPSA) is 53.6 Å². The Balaban J connectivity index is 2.28. The van der Waals surface area contributed by atoms with Gasteiger partial charge in [0, 0.05) is 17.8 Å². The zero-order valence-electron chi connectivity index (χ0n) is 12.3. The SMILES string of the molecule is CCCNCc1c(C)nn(-c2ccc(C#N)cc2)c1C. The number of nitrogens with one attached hydrogen (secondary N) is 1. The number of rotatable bonds is 5. The lowest BCUT2D eigenvalue weighted by atomic mass is 10.2. The molecule has 4 nitrogen and oxygen atoms in total. The predicted octanol–water partition coefficient (Wildman–Crippen LogP) is 2.86. The van der Waals surface area contributed by atoms with Gasteiger partial charge in [-0.3, -0.25) is 0 Å². The summed E-state index contributed by atoms with van der Waals surface area (Å²) in [6.45, 7) is 8.15. The minimum absolute atomic E-state index is 0.667. The lowest BCUT2D eigenvalue weighted by Crippen LogP contribution is -2.15. The molecule has 0 fully saturated rings. The van der Waals surface area contributed by atoms with Crippen molar-refractivity contribution in [1.29, 1.82) is 5.26 Å². The monoisotopic (exact) mass is 268 g/mol. The molecule has 0 unspecified atom stereocenters. The maximum atomic E-state index is 8.84. The molecule has 2 aromatic rings. The predicted molar refractivity (Wildman–Crippen MR) is 79.8 cm³/mol. The zero-order chi connectivity index (χ0) is 14.5. The van der Waals surface area contributed by atoms with Crippen molar-refractivity contribution in [3.8, 4) is 11.8 Å². The molecule has 0 amide bonds. The molecule has 1 aromatic heterocycles. The third kappa shape index (κ3) is 2.89. The second-order valence-electron chi connectivity index (χ2n) is 4.90. The standard InChI is InChI=1S/C16H20N4/c1-4-9-18-11-16-12(2)19-20(13(16)3)15-7-5-14(10-17)6-8-15/h5-8,18H,4,9,11H2,1-3H3. The Bertz CT molecular complexity index is 617. The molecule has 0 saturated heterocycles. The van der Waals surface area contributed by atoms with Crippen molar-refractivity contribution in [3.63, 3.8) is 0 Å². The van der Waals surface area contributed by atoms with E-state index in [0.29, 0.717) is 5.56 Å². The molecule has 0 bridgehead atoms. The van der Waals surface area contributed by atoms with Gasteiger partial charge in [0.15, 0.2) is 0 Å². The van der Waals surface area contributed by atoms with E-state index < -0.39 is 0 Å². The number of aryl methyl sites for hydroxylation is 1. The van der Waals surface area contributed by atoms with Gasteiger partial charge in [0.1, 0.15) is 0 Å². The number of hydrogen-bond acceptors (Lipinski definition) is 3. The first-order valence-corrected chi connectivity index (χ1v) is 6.93. The molecule has 2 rings (SSSR count). The molecule has 0 saturated carbocycles. The molecule has 4 heteroatoms. The highest BCUT2D eigenvalue weighted by Gasteiger charge is 2.12. The fraction of sp³-hybridized carbons (Fsp3) is 0.375. The van der Waals surface area contributed by atoms with E-state index in [4.69, 9.17) is 5.26 Å². The number of aromatic nitrogens is 2. The molecule has 1 N–H and O–H groups in total. The van der Waals surface area contributed by atoms with Crippen LogP contribution in [-0.2, 0) is 6.54 Å². The van der Waals surface area contributed by atoms with E-state index in [1.54, 1.807) is 0 Å². The number of nitriles is 1. The normalized spacial score (nSPS) is 10.5. The molecule has 0 atom stereocenters. The van der Waals surface area contributed by atoms with Crippen LogP contribution in [0.4, 0.5) is 0 Å². The molecule has 20 heavy (non-hydrogen) atoms. The lowest BCUT2D eigenvalue weighted by molar-refractivity contribution is 0.670. The first kappa shape index (κ1) is 14.3. The Labute approximate surface area is 120 Å². The van der Waals surface area contributed by atoms with Crippen LogP contribution in [0.2, 0.25) is 0 Å². The minimum Gasteiger partial charge on any atom is -0.313 e. The van der Waals surface area contributed by atoms with Gasteiger partial charge in [-0.05, 0) is 51.1 Å². The van der Waals surface area contributed by atoms with Crippen molar-refractivity contribution in [3.05, 3.63) is 46.8 Å². The zero-order valence-corrected chi connectivity index (χ0v) is 12.3. The second kappa shape index (κ2) is 6.36. The van der Waals surface area contributed by atoms with Gasteiger partial charge in [0.25, 0.3) is 0 Å². The Morgan fingerprint density at radius 2 is 1.95 bits per heavy atom. The maximum Gasteiger partial charge on any atom is 0.0991 e. The van der Waals surface area contributed by atoms with Gasteiger partial charge in [0.2, 0.25) is 0 Å². The Morgan fingerprint density at radius 1 is 1.25 bits per heavy atom. The number of nitrogens with zero attached hydrogens (tertiary/aromatic N) is 3. The molecule has 0 aliphatic heterocycles. The summed E-state index contributed by atoms with van der Waals surface area (Å²) in [7, 11) is 0. The molecule has 1 aromatic carbocycles. The fourth-order valence-electron chi connectivity index (χ4n) is 2.25. The van der Waals surface area contributed by atoms with Gasteiger partial charge < -0.3 is 5.32 Å². The summed E-state index contributed by atoms with van der Waals surface area (Å²) in [6, 6.07) is 9.64.